The number of hydrogen-bond donors (Lipinski definition) is 3. The number of anilines is 1. The van der Waals surface area contributed by atoms with Crippen molar-refractivity contribution < 1.29 is 4.74 Å². The van der Waals surface area contributed by atoms with E-state index in [9.17, 15) is 0 Å². The Morgan fingerprint density at radius 2 is 1.83 bits per heavy atom. The fourth-order valence-electron chi connectivity index (χ4n) is 4.88. The number of aromatic amines is 1. The number of aromatic nitrogens is 3. The monoisotopic (exact) mass is 470 g/mol. The molecule has 0 amide bonds. The first-order valence-corrected chi connectivity index (χ1v) is 12.4. The van der Waals surface area contributed by atoms with Crippen LogP contribution in [0.4, 0.5) is 5.82 Å². The lowest BCUT2D eigenvalue weighted by molar-refractivity contribution is 0.261. The lowest BCUT2D eigenvalue weighted by Gasteiger charge is -2.17. The van der Waals surface area contributed by atoms with Gasteiger partial charge in [0.25, 0.3) is 0 Å². The van der Waals surface area contributed by atoms with E-state index in [1.165, 1.54) is 6.42 Å². The van der Waals surface area contributed by atoms with Crippen molar-refractivity contribution in [3.63, 3.8) is 0 Å². The van der Waals surface area contributed by atoms with Crippen LogP contribution in [-0.2, 0) is 0 Å². The summed E-state index contributed by atoms with van der Waals surface area (Å²) in [6.45, 7) is 2.35. The molecule has 0 aliphatic heterocycles. The van der Waals surface area contributed by atoms with Crippen molar-refractivity contribution >= 4 is 16.9 Å². The summed E-state index contributed by atoms with van der Waals surface area (Å²) >= 11 is 0. The third kappa shape index (κ3) is 5.16. The fraction of sp³-hybridized carbons (Fsp3) is 0.357. The SMILES string of the molecule is CN(C)CCOc1ccc(-c2[nH]c3ncnc(NC[C@H]4CCC[C@@H]4N)c3c2-c2ccccc2)cc1. The van der Waals surface area contributed by atoms with Gasteiger partial charge in [-0.3, -0.25) is 0 Å². The van der Waals surface area contributed by atoms with Crippen LogP contribution in [0, 0.1) is 5.92 Å². The van der Waals surface area contributed by atoms with Gasteiger partial charge < -0.3 is 25.7 Å². The molecule has 0 spiro atoms. The molecule has 7 heteroatoms. The summed E-state index contributed by atoms with van der Waals surface area (Å²) in [5, 5.41) is 4.61. The number of nitrogens with two attached hydrogens (primary N) is 1. The van der Waals surface area contributed by atoms with Gasteiger partial charge in [0.2, 0.25) is 0 Å². The van der Waals surface area contributed by atoms with Gasteiger partial charge in [0.05, 0.1) is 11.1 Å². The van der Waals surface area contributed by atoms with Crippen LogP contribution in [0.15, 0.2) is 60.9 Å². The van der Waals surface area contributed by atoms with Gasteiger partial charge in [0.15, 0.2) is 0 Å². The highest BCUT2D eigenvalue weighted by molar-refractivity contribution is 6.07. The summed E-state index contributed by atoms with van der Waals surface area (Å²) in [5.41, 5.74) is 11.5. The van der Waals surface area contributed by atoms with Crippen molar-refractivity contribution in [2.45, 2.75) is 25.3 Å². The Bertz CT molecular complexity index is 1250. The number of nitrogens with one attached hydrogen (secondary N) is 2. The Balaban J connectivity index is 1.51. The second kappa shape index (κ2) is 10.5. The largest absolute Gasteiger partial charge is 0.492 e. The summed E-state index contributed by atoms with van der Waals surface area (Å²) < 4.78 is 5.90. The van der Waals surface area contributed by atoms with Gasteiger partial charge >= 0.3 is 0 Å². The van der Waals surface area contributed by atoms with E-state index in [1.807, 2.05) is 32.3 Å². The summed E-state index contributed by atoms with van der Waals surface area (Å²) in [6.07, 6.45) is 5.08. The van der Waals surface area contributed by atoms with Crippen LogP contribution in [-0.4, -0.2) is 59.7 Å². The van der Waals surface area contributed by atoms with Gasteiger partial charge in [0.1, 0.15) is 30.1 Å². The zero-order chi connectivity index (χ0) is 24.2. The fourth-order valence-corrected chi connectivity index (χ4v) is 4.88. The lowest BCUT2D eigenvalue weighted by atomic mass is 9.98. The molecule has 182 valence electrons. The van der Waals surface area contributed by atoms with Gasteiger partial charge in [-0.1, -0.05) is 36.8 Å². The molecular weight excluding hydrogens is 436 g/mol. The molecule has 1 saturated carbocycles. The summed E-state index contributed by atoms with van der Waals surface area (Å²) in [5.74, 6) is 2.18. The Labute approximate surface area is 206 Å². The van der Waals surface area contributed by atoms with Crippen LogP contribution in [0.1, 0.15) is 19.3 Å². The molecule has 0 bridgehead atoms. The van der Waals surface area contributed by atoms with Crippen LogP contribution in [0.5, 0.6) is 5.75 Å². The Hall–Kier alpha value is -3.42. The zero-order valence-electron chi connectivity index (χ0n) is 20.5. The molecule has 5 rings (SSSR count). The van der Waals surface area contributed by atoms with E-state index in [0.29, 0.717) is 12.5 Å². The van der Waals surface area contributed by atoms with Gasteiger partial charge in [-0.15, -0.1) is 0 Å². The first-order valence-electron chi connectivity index (χ1n) is 12.4. The predicted octanol–water partition coefficient (Wildman–Crippen LogP) is 4.77. The number of fused-ring (bicyclic) bond motifs is 1. The molecule has 1 aliphatic carbocycles. The number of likely N-dealkylation sites (N-methyl/N-ethyl adjacent to an activating group) is 1. The van der Waals surface area contributed by atoms with E-state index >= 15 is 0 Å². The molecule has 0 radical (unpaired) electrons. The highest BCUT2D eigenvalue weighted by atomic mass is 16.5. The molecule has 1 fully saturated rings. The predicted molar refractivity (Wildman–Crippen MR) is 143 cm³/mol. The molecule has 2 aromatic heterocycles. The minimum atomic E-state index is 0.258. The number of hydrogen-bond acceptors (Lipinski definition) is 6. The average Bonchev–Trinajstić information content (AvgIpc) is 3.47. The molecular formula is C28H34N6O. The van der Waals surface area contributed by atoms with E-state index in [2.05, 4.69) is 61.6 Å². The second-order valence-corrected chi connectivity index (χ2v) is 9.60. The Morgan fingerprint density at radius 1 is 1.03 bits per heavy atom. The normalized spacial score (nSPS) is 17.8. The van der Waals surface area contributed by atoms with E-state index in [-0.39, 0.29) is 6.04 Å². The summed E-state index contributed by atoms with van der Waals surface area (Å²) in [6, 6.07) is 18.9. The third-order valence-corrected chi connectivity index (χ3v) is 6.85. The maximum absolute atomic E-state index is 6.32. The maximum Gasteiger partial charge on any atom is 0.143 e. The zero-order valence-corrected chi connectivity index (χ0v) is 20.5. The standard InChI is InChI=1S/C28H34N6O/c1-34(2)15-16-35-22-13-11-20(12-14-22)26-24(19-7-4-3-5-8-19)25-27(31-18-32-28(25)33-26)30-17-21-9-6-10-23(21)29/h3-5,7-8,11-14,18,21,23H,6,9-10,15-17,29H2,1-2H3,(H2,30,31,32,33)/t21-,23+/m1/s1. The molecule has 2 aromatic carbocycles. The molecule has 0 saturated heterocycles. The second-order valence-electron chi connectivity index (χ2n) is 9.60. The van der Waals surface area contributed by atoms with Crippen LogP contribution in [0.25, 0.3) is 33.4 Å². The number of benzene rings is 2. The molecule has 0 unspecified atom stereocenters. The molecule has 4 aromatic rings. The number of rotatable bonds is 9. The van der Waals surface area contributed by atoms with E-state index in [1.54, 1.807) is 6.33 Å². The summed E-state index contributed by atoms with van der Waals surface area (Å²) in [4.78, 5) is 14.9. The first kappa shape index (κ1) is 23.3. The third-order valence-electron chi connectivity index (χ3n) is 6.85. The molecule has 4 N–H and O–H groups in total. The number of nitrogens with zero attached hydrogens (tertiary/aromatic N) is 3. The van der Waals surface area contributed by atoms with Crippen molar-refractivity contribution in [3.8, 4) is 28.1 Å². The van der Waals surface area contributed by atoms with Crippen molar-refractivity contribution in [2.75, 3.05) is 39.1 Å². The number of H-pyrrole nitrogens is 1. The summed E-state index contributed by atoms with van der Waals surface area (Å²) in [7, 11) is 4.09. The highest BCUT2D eigenvalue weighted by Crippen LogP contribution is 2.40. The van der Waals surface area contributed by atoms with Crippen LogP contribution >= 0.6 is 0 Å². The van der Waals surface area contributed by atoms with Crippen LogP contribution in [0.3, 0.4) is 0 Å². The quantitative estimate of drug-likeness (QED) is 0.326. The lowest BCUT2D eigenvalue weighted by Crippen LogP contribution is -2.29. The molecule has 1 aliphatic rings. The van der Waals surface area contributed by atoms with Gasteiger partial charge in [-0.05, 0) is 68.2 Å². The molecule has 2 heterocycles. The minimum Gasteiger partial charge on any atom is -0.492 e. The van der Waals surface area contributed by atoms with Crippen molar-refractivity contribution in [2.24, 2.45) is 11.7 Å². The van der Waals surface area contributed by atoms with E-state index in [0.717, 1.165) is 70.9 Å². The topological polar surface area (TPSA) is 92.1 Å². The maximum atomic E-state index is 6.32. The van der Waals surface area contributed by atoms with E-state index in [4.69, 9.17) is 10.5 Å². The van der Waals surface area contributed by atoms with Gasteiger partial charge in [0, 0.05) is 24.7 Å². The average molecular weight is 471 g/mol. The van der Waals surface area contributed by atoms with Crippen molar-refractivity contribution in [3.05, 3.63) is 60.9 Å². The number of ether oxygens (including phenoxy) is 1. The molecule has 7 nitrogen and oxygen atoms in total. The van der Waals surface area contributed by atoms with Gasteiger partial charge in [-0.25, -0.2) is 9.97 Å². The van der Waals surface area contributed by atoms with Crippen LogP contribution in [0.2, 0.25) is 0 Å². The molecule has 35 heavy (non-hydrogen) atoms. The van der Waals surface area contributed by atoms with Crippen molar-refractivity contribution in [1.82, 2.24) is 19.9 Å². The molecule has 2 atom stereocenters. The smallest absolute Gasteiger partial charge is 0.143 e. The van der Waals surface area contributed by atoms with Crippen molar-refractivity contribution in [1.29, 1.82) is 0 Å². The first-order chi connectivity index (χ1) is 17.1. The highest BCUT2D eigenvalue weighted by Gasteiger charge is 2.25. The Morgan fingerprint density at radius 3 is 2.54 bits per heavy atom. The Kier molecular flexibility index (Phi) is 6.97. The van der Waals surface area contributed by atoms with Crippen LogP contribution < -0.4 is 15.8 Å². The minimum absolute atomic E-state index is 0.258. The van der Waals surface area contributed by atoms with Gasteiger partial charge in [-0.2, -0.15) is 0 Å². The van der Waals surface area contributed by atoms with E-state index < -0.39 is 0 Å².